The lowest BCUT2D eigenvalue weighted by Gasteiger charge is -2.20. The van der Waals surface area contributed by atoms with Crippen molar-refractivity contribution in [2.75, 3.05) is 33.0 Å². The Morgan fingerprint density at radius 3 is 2.68 bits per heavy atom. The Morgan fingerprint density at radius 1 is 1.21 bits per heavy atom. The minimum absolute atomic E-state index is 0.0529. The van der Waals surface area contributed by atoms with Crippen LogP contribution < -0.4 is 20.6 Å². The van der Waals surface area contributed by atoms with Crippen LogP contribution >= 0.6 is 0 Å². The molecule has 0 saturated carbocycles. The second-order valence-corrected chi connectivity index (χ2v) is 7.74. The van der Waals surface area contributed by atoms with Crippen molar-refractivity contribution in [3.05, 3.63) is 35.2 Å². The normalized spacial score (nSPS) is 14.8. The van der Waals surface area contributed by atoms with E-state index in [9.17, 15) is 4.79 Å². The maximum absolute atomic E-state index is 13.0. The number of hydrazone groups is 1. The Morgan fingerprint density at radius 2 is 2.00 bits per heavy atom. The first kappa shape index (κ1) is 23.2. The molecular formula is C21H27N9O4. The standard InChI is InChI=1S/C21H27N9O4/c1-32-16-9-7-8-14(18(16)33-2)12-23-25-21(31)17-15(13-29-10-5-3-4-6-11-29)30(28-24-17)20-19(22)26-34-27-20/h7-9,12H,3-6,10-11,13H2,1-2H3,(H2,22,26)(H,25,31)/b23-12+. The molecule has 0 atom stereocenters. The van der Waals surface area contributed by atoms with Crippen molar-refractivity contribution in [3.63, 3.8) is 0 Å². The van der Waals surface area contributed by atoms with Gasteiger partial charge < -0.3 is 15.2 Å². The number of likely N-dealkylation sites (tertiary alicyclic amines) is 1. The zero-order valence-electron chi connectivity index (χ0n) is 19.1. The summed E-state index contributed by atoms with van der Waals surface area (Å²) in [6, 6.07) is 5.36. The fourth-order valence-electron chi connectivity index (χ4n) is 3.86. The number of nitrogen functional groups attached to an aromatic ring is 1. The monoisotopic (exact) mass is 469 g/mol. The molecule has 0 aliphatic carbocycles. The molecule has 0 unspecified atom stereocenters. The average molecular weight is 470 g/mol. The van der Waals surface area contributed by atoms with Crippen LogP contribution in [0.5, 0.6) is 11.5 Å². The summed E-state index contributed by atoms with van der Waals surface area (Å²) in [5, 5.41) is 19.7. The number of carbonyl (C=O) groups excluding carboxylic acids is 1. The van der Waals surface area contributed by atoms with Crippen LogP contribution in [0, 0.1) is 0 Å². The van der Waals surface area contributed by atoms with Gasteiger partial charge in [0.15, 0.2) is 17.2 Å². The zero-order valence-corrected chi connectivity index (χ0v) is 19.1. The average Bonchev–Trinajstić information content (AvgIpc) is 3.36. The molecule has 0 radical (unpaired) electrons. The number of aromatic nitrogens is 5. The fraction of sp³-hybridized carbons (Fsp3) is 0.429. The van der Waals surface area contributed by atoms with Crippen LogP contribution in [0.25, 0.3) is 5.82 Å². The number of ether oxygens (including phenoxy) is 2. The smallest absolute Gasteiger partial charge is 0.293 e. The fourth-order valence-corrected chi connectivity index (χ4v) is 3.86. The van der Waals surface area contributed by atoms with Crippen LogP contribution in [-0.2, 0) is 6.54 Å². The van der Waals surface area contributed by atoms with Gasteiger partial charge in [-0.05, 0) is 48.4 Å². The van der Waals surface area contributed by atoms with Crippen molar-refractivity contribution < 1.29 is 18.9 Å². The minimum atomic E-state index is -0.524. The summed E-state index contributed by atoms with van der Waals surface area (Å²) >= 11 is 0. The number of para-hydroxylation sites is 1. The highest BCUT2D eigenvalue weighted by atomic mass is 16.6. The number of anilines is 1. The van der Waals surface area contributed by atoms with E-state index in [2.05, 4.69) is 36.1 Å². The van der Waals surface area contributed by atoms with E-state index in [1.165, 1.54) is 30.8 Å². The summed E-state index contributed by atoms with van der Waals surface area (Å²) in [5.74, 6) is 0.770. The summed E-state index contributed by atoms with van der Waals surface area (Å²) in [6.45, 7) is 2.26. The van der Waals surface area contributed by atoms with Crippen molar-refractivity contribution in [2.24, 2.45) is 5.10 Å². The number of rotatable bonds is 8. The van der Waals surface area contributed by atoms with E-state index in [1.807, 2.05) is 0 Å². The molecule has 1 aliphatic heterocycles. The Balaban J connectivity index is 1.58. The Hall–Kier alpha value is -4.00. The van der Waals surface area contributed by atoms with Gasteiger partial charge >= 0.3 is 0 Å². The number of methoxy groups -OCH3 is 2. The van der Waals surface area contributed by atoms with Gasteiger partial charge in [0.25, 0.3) is 5.91 Å². The number of amides is 1. The minimum Gasteiger partial charge on any atom is -0.493 e. The summed E-state index contributed by atoms with van der Waals surface area (Å²) in [5.41, 5.74) is 9.65. The maximum Gasteiger partial charge on any atom is 0.293 e. The second kappa shape index (κ2) is 10.7. The van der Waals surface area contributed by atoms with E-state index in [1.54, 1.807) is 25.3 Å². The Bertz CT molecular complexity index is 1150. The lowest BCUT2D eigenvalue weighted by Crippen LogP contribution is -2.28. The molecule has 34 heavy (non-hydrogen) atoms. The molecule has 13 nitrogen and oxygen atoms in total. The van der Waals surface area contributed by atoms with Gasteiger partial charge in [-0.2, -0.15) is 9.78 Å². The quantitative estimate of drug-likeness (QED) is 0.364. The molecule has 180 valence electrons. The third-order valence-electron chi connectivity index (χ3n) is 5.55. The Labute approximate surface area is 195 Å². The Kier molecular flexibility index (Phi) is 7.32. The second-order valence-electron chi connectivity index (χ2n) is 7.74. The SMILES string of the molecule is COc1cccc(/C=N/NC(=O)c2nnn(-c3nonc3N)c2CN2CCCCCC2)c1OC. The van der Waals surface area contributed by atoms with E-state index >= 15 is 0 Å². The topological polar surface area (TPSA) is 159 Å². The van der Waals surface area contributed by atoms with Gasteiger partial charge in [0.05, 0.1) is 26.1 Å². The molecule has 4 rings (SSSR count). The largest absolute Gasteiger partial charge is 0.493 e. The van der Waals surface area contributed by atoms with E-state index in [-0.39, 0.29) is 17.3 Å². The zero-order chi connectivity index (χ0) is 23.9. The van der Waals surface area contributed by atoms with Crippen molar-refractivity contribution in [2.45, 2.75) is 32.2 Å². The van der Waals surface area contributed by atoms with Crippen LogP contribution in [0.1, 0.15) is 47.4 Å². The van der Waals surface area contributed by atoms with Crippen LogP contribution in [0.4, 0.5) is 5.82 Å². The van der Waals surface area contributed by atoms with Crippen LogP contribution in [-0.4, -0.2) is 69.6 Å². The molecular weight excluding hydrogens is 442 g/mol. The molecule has 2 aromatic heterocycles. The molecule has 1 aromatic carbocycles. The molecule has 1 fully saturated rings. The molecule has 1 amide bonds. The van der Waals surface area contributed by atoms with E-state index in [4.69, 9.17) is 19.8 Å². The van der Waals surface area contributed by atoms with Crippen molar-refractivity contribution in [3.8, 4) is 17.3 Å². The molecule has 1 aliphatic rings. The van der Waals surface area contributed by atoms with Crippen molar-refractivity contribution >= 4 is 17.9 Å². The molecule has 3 heterocycles. The van der Waals surface area contributed by atoms with Gasteiger partial charge in [0.2, 0.25) is 11.6 Å². The van der Waals surface area contributed by atoms with Gasteiger partial charge in [-0.1, -0.05) is 24.1 Å². The first-order valence-electron chi connectivity index (χ1n) is 10.9. The van der Waals surface area contributed by atoms with E-state index in [0.29, 0.717) is 29.3 Å². The first-order chi connectivity index (χ1) is 16.6. The number of nitrogens with two attached hydrogens (primary N) is 1. The van der Waals surface area contributed by atoms with Crippen LogP contribution in [0.2, 0.25) is 0 Å². The number of nitrogens with zero attached hydrogens (tertiary/aromatic N) is 7. The first-order valence-corrected chi connectivity index (χ1v) is 10.9. The molecule has 13 heteroatoms. The number of hydrogen-bond acceptors (Lipinski definition) is 11. The van der Waals surface area contributed by atoms with Gasteiger partial charge in [-0.15, -0.1) is 5.10 Å². The van der Waals surface area contributed by atoms with Crippen molar-refractivity contribution in [1.29, 1.82) is 0 Å². The lowest BCUT2D eigenvalue weighted by atomic mass is 10.2. The molecule has 0 spiro atoms. The van der Waals surface area contributed by atoms with Gasteiger partial charge in [-0.25, -0.2) is 10.1 Å². The number of nitrogens with one attached hydrogen (secondary N) is 1. The summed E-state index contributed by atoms with van der Waals surface area (Å²) in [4.78, 5) is 15.3. The predicted molar refractivity (Wildman–Crippen MR) is 122 cm³/mol. The molecule has 1 saturated heterocycles. The molecule has 3 aromatic rings. The number of benzene rings is 1. The summed E-state index contributed by atoms with van der Waals surface area (Å²) in [7, 11) is 3.08. The van der Waals surface area contributed by atoms with Crippen LogP contribution in [0.15, 0.2) is 27.9 Å². The van der Waals surface area contributed by atoms with Crippen LogP contribution in [0.3, 0.4) is 0 Å². The van der Waals surface area contributed by atoms with Gasteiger partial charge in [0.1, 0.15) is 0 Å². The highest BCUT2D eigenvalue weighted by Gasteiger charge is 2.25. The third kappa shape index (κ3) is 4.98. The van der Waals surface area contributed by atoms with Gasteiger partial charge in [-0.3, -0.25) is 9.69 Å². The van der Waals surface area contributed by atoms with Gasteiger partial charge in [0, 0.05) is 12.1 Å². The highest BCUT2D eigenvalue weighted by molar-refractivity contribution is 5.94. The summed E-state index contributed by atoms with van der Waals surface area (Å²) < 4.78 is 16.8. The maximum atomic E-state index is 13.0. The third-order valence-corrected chi connectivity index (χ3v) is 5.55. The number of hydrogen-bond donors (Lipinski definition) is 2. The lowest BCUT2D eigenvalue weighted by molar-refractivity contribution is 0.0947. The predicted octanol–water partition coefficient (Wildman–Crippen LogP) is 1.39. The molecule has 3 N–H and O–H groups in total. The van der Waals surface area contributed by atoms with Crippen molar-refractivity contribution in [1.82, 2.24) is 35.6 Å². The number of carbonyl (C=O) groups is 1. The summed E-state index contributed by atoms with van der Waals surface area (Å²) in [6.07, 6.45) is 6.01. The van der Waals surface area contributed by atoms with E-state index < -0.39 is 5.91 Å². The van der Waals surface area contributed by atoms with E-state index in [0.717, 1.165) is 25.9 Å². The highest BCUT2D eigenvalue weighted by Crippen LogP contribution is 2.29. The molecule has 0 bridgehead atoms.